The zero-order valence-corrected chi connectivity index (χ0v) is 18.7. The molecular formula is C22H47O3P. The lowest BCUT2D eigenvalue weighted by Crippen LogP contribution is -1.97. The second kappa shape index (κ2) is 19.9. The largest absolute Gasteiger partial charge is 0.328 e. The van der Waals surface area contributed by atoms with Gasteiger partial charge in [0.15, 0.2) is 0 Å². The molecule has 0 heterocycles. The number of rotatable bonds is 21. The minimum Gasteiger partial charge on any atom is -0.324 e. The minimum atomic E-state index is -3.32. The van der Waals surface area contributed by atoms with Crippen LogP contribution in [0.5, 0.6) is 0 Å². The summed E-state index contributed by atoms with van der Waals surface area (Å²) in [5.74, 6) is 0. The standard InChI is InChI=1S/C22H47O3P/c1-3-5-7-9-10-11-12-13-14-15-16-17-18-19-21-25-26(23,24)22-20-8-6-4-2/h3-22H2,1-2H3,(H,23,24). The van der Waals surface area contributed by atoms with E-state index in [2.05, 4.69) is 13.8 Å². The molecule has 0 aromatic heterocycles. The molecule has 1 atom stereocenters. The highest BCUT2D eigenvalue weighted by Crippen LogP contribution is 2.43. The van der Waals surface area contributed by atoms with Gasteiger partial charge in [-0.3, -0.25) is 4.57 Å². The van der Waals surface area contributed by atoms with E-state index in [1.165, 1.54) is 77.0 Å². The molecule has 0 aliphatic rings. The van der Waals surface area contributed by atoms with Crippen LogP contribution in [-0.4, -0.2) is 17.7 Å². The summed E-state index contributed by atoms with van der Waals surface area (Å²) in [6.07, 6.45) is 22.9. The molecule has 0 radical (unpaired) electrons. The second-order valence-electron chi connectivity index (χ2n) is 7.85. The monoisotopic (exact) mass is 390 g/mol. The van der Waals surface area contributed by atoms with Crippen LogP contribution >= 0.6 is 7.60 Å². The van der Waals surface area contributed by atoms with Crippen LogP contribution in [0.2, 0.25) is 0 Å². The summed E-state index contributed by atoms with van der Waals surface area (Å²) < 4.78 is 17.1. The molecule has 0 saturated heterocycles. The average Bonchev–Trinajstić information content (AvgIpc) is 2.62. The third kappa shape index (κ3) is 20.5. The Kier molecular flexibility index (Phi) is 20.0. The Balaban J connectivity index is 3.22. The zero-order valence-electron chi connectivity index (χ0n) is 17.9. The Morgan fingerprint density at radius 1 is 0.577 bits per heavy atom. The lowest BCUT2D eigenvalue weighted by Gasteiger charge is -2.11. The molecule has 1 N–H and O–H groups in total. The SMILES string of the molecule is CCCCCCCCCCCCCCCCOP(=O)(O)CCCCCC. The van der Waals surface area contributed by atoms with Gasteiger partial charge < -0.3 is 9.42 Å². The molecule has 26 heavy (non-hydrogen) atoms. The fourth-order valence-corrected chi connectivity index (χ4v) is 4.47. The normalized spacial score (nSPS) is 13.8. The summed E-state index contributed by atoms with van der Waals surface area (Å²) in [6.45, 7) is 4.86. The Morgan fingerprint density at radius 2 is 0.923 bits per heavy atom. The average molecular weight is 391 g/mol. The predicted octanol–water partition coefficient (Wildman–Crippen LogP) is 8.25. The van der Waals surface area contributed by atoms with Crippen LogP contribution in [0.4, 0.5) is 0 Å². The first-order valence-electron chi connectivity index (χ1n) is 11.6. The van der Waals surface area contributed by atoms with Crippen LogP contribution in [0.15, 0.2) is 0 Å². The lowest BCUT2D eigenvalue weighted by molar-refractivity contribution is 0.252. The van der Waals surface area contributed by atoms with Gasteiger partial charge in [-0.1, -0.05) is 117 Å². The van der Waals surface area contributed by atoms with Gasteiger partial charge in [0, 0.05) is 6.16 Å². The summed E-state index contributed by atoms with van der Waals surface area (Å²) in [5.41, 5.74) is 0. The van der Waals surface area contributed by atoms with E-state index in [4.69, 9.17) is 4.52 Å². The molecule has 0 aliphatic heterocycles. The molecule has 1 unspecified atom stereocenters. The van der Waals surface area contributed by atoms with Crippen LogP contribution in [0.25, 0.3) is 0 Å². The first kappa shape index (κ1) is 26.1. The molecule has 4 heteroatoms. The molecule has 0 saturated carbocycles. The van der Waals surface area contributed by atoms with Crippen LogP contribution in [-0.2, 0) is 9.09 Å². The van der Waals surface area contributed by atoms with Crippen LogP contribution in [0.3, 0.4) is 0 Å². The molecular weight excluding hydrogens is 343 g/mol. The number of hydrogen-bond donors (Lipinski definition) is 1. The third-order valence-corrected chi connectivity index (χ3v) is 6.55. The van der Waals surface area contributed by atoms with Gasteiger partial charge >= 0.3 is 7.60 Å². The van der Waals surface area contributed by atoms with Gasteiger partial charge in [-0.25, -0.2) is 0 Å². The van der Waals surface area contributed by atoms with Crippen molar-refractivity contribution in [2.24, 2.45) is 0 Å². The van der Waals surface area contributed by atoms with E-state index in [0.29, 0.717) is 12.8 Å². The number of hydrogen-bond acceptors (Lipinski definition) is 2. The van der Waals surface area contributed by atoms with Gasteiger partial charge in [0.25, 0.3) is 0 Å². The van der Waals surface area contributed by atoms with Crippen LogP contribution in [0, 0.1) is 0 Å². The molecule has 3 nitrogen and oxygen atoms in total. The topological polar surface area (TPSA) is 46.5 Å². The fraction of sp³-hybridized carbons (Fsp3) is 1.00. The third-order valence-electron chi connectivity index (χ3n) is 5.09. The van der Waals surface area contributed by atoms with Crippen molar-refractivity contribution in [3.63, 3.8) is 0 Å². The van der Waals surface area contributed by atoms with Gasteiger partial charge in [-0.15, -0.1) is 0 Å². The van der Waals surface area contributed by atoms with Crippen molar-refractivity contribution >= 4 is 7.60 Å². The molecule has 158 valence electrons. The van der Waals surface area contributed by atoms with Crippen molar-refractivity contribution in [2.75, 3.05) is 12.8 Å². The van der Waals surface area contributed by atoms with Crippen molar-refractivity contribution in [3.8, 4) is 0 Å². The molecule has 0 rings (SSSR count). The maximum absolute atomic E-state index is 11.8. The molecule has 0 aromatic carbocycles. The fourth-order valence-electron chi connectivity index (χ4n) is 3.31. The Morgan fingerprint density at radius 3 is 1.35 bits per heavy atom. The maximum atomic E-state index is 11.8. The molecule has 0 spiro atoms. The van der Waals surface area contributed by atoms with E-state index in [0.717, 1.165) is 38.5 Å². The Hall–Kier alpha value is 0.150. The first-order chi connectivity index (χ1) is 12.6. The minimum absolute atomic E-state index is 0.325. The zero-order chi connectivity index (χ0) is 19.3. The summed E-state index contributed by atoms with van der Waals surface area (Å²) in [5, 5.41) is 0. The highest BCUT2D eigenvalue weighted by atomic mass is 31.2. The van der Waals surface area contributed by atoms with Crippen molar-refractivity contribution in [1.29, 1.82) is 0 Å². The highest BCUT2D eigenvalue weighted by Gasteiger charge is 2.17. The molecule has 0 fully saturated rings. The molecule has 0 aromatic rings. The van der Waals surface area contributed by atoms with Crippen molar-refractivity contribution < 1.29 is 14.0 Å². The van der Waals surface area contributed by atoms with Crippen molar-refractivity contribution in [3.05, 3.63) is 0 Å². The van der Waals surface area contributed by atoms with Gasteiger partial charge in [0.1, 0.15) is 0 Å². The quantitative estimate of drug-likeness (QED) is 0.158. The van der Waals surface area contributed by atoms with E-state index in [9.17, 15) is 9.46 Å². The van der Waals surface area contributed by atoms with Crippen molar-refractivity contribution in [2.45, 2.75) is 129 Å². The summed E-state index contributed by atoms with van der Waals surface area (Å²) in [4.78, 5) is 9.75. The van der Waals surface area contributed by atoms with Gasteiger partial charge in [0.05, 0.1) is 6.61 Å². The van der Waals surface area contributed by atoms with E-state index in [1.54, 1.807) is 0 Å². The van der Waals surface area contributed by atoms with Crippen LogP contribution < -0.4 is 0 Å². The van der Waals surface area contributed by atoms with Crippen molar-refractivity contribution in [1.82, 2.24) is 0 Å². The van der Waals surface area contributed by atoms with Gasteiger partial charge in [-0.2, -0.15) is 0 Å². The summed E-state index contributed by atoms with van der Waals surface area (Å²) in [7, 11) is -3.32. The highest BCUT2D eigenvalue weighted by molar-refractivity contribution is 7.52. The van der Waals surface area contributed by atoms with E-state index >= 15 is 0 Å². The number of unbranched alkanes of at least 4 members (excludes halogenated alkanes) is 16. The smallest absolute Gasteiger partial charge is 0.324 e. The lowest BCUT2D eigenvalue weighted by atomic mass is 10.0. The predicted molar refractivity (Wildman–Crippen MR) is 115 cm³/mol. The Bertz CT molecular complexity index is 321. The van der Waals surface area contributed by atoms with E-state index < -0.39 is 7.60 Å². The Labute approximate surface area is 164 Å². The summed E-state index contributed by atoms with van der Waals surface area (Å²) >= 11 is 0. The van der Waals surface area contributed by atoms with Gasteiger partial charge in [-0.05, 0) is 12.8 Å². The first-order valence-corrected chi connectivity index (χ1v) is 13.3. The van der Waals surface area contributed by atoms with Crippen LogP contribution in [0.1, 0.15) is 129 Å². The van der Waals surface area contributed by atoms with E-state index in [-0.39, 0.29) is 0 Å². The molecule has 0 amide bonds. The van der Waals surface area contributed by atoms with E-state index in [1.807, 2.05) is 0 Å². The summed E-state index contributed by atoms with van der Waals surface area (Å²) in [6, 6.07) is 0. The molecule has 0 bridgehead atoms. The second-order valence-corrected chi connectivity index (χ2v) is 9.83. The maximum Gasteiger partial charge on any atom is 0.328 e. The van der Waals surface area contributed by atoms with Gasteiger partial charge in [0.2, 0.25) is 0 Å². The molecule has 0 aliphatic carbocycles.